The normalized spacial score (nSPS) is 12.5. The molecule has 0 fully saturated rings. The van der Waals surface area contributed by atoms with E-state index in [9.17, 15) is 4.79 Å². The zero-order chi connectivity index (χ0) is 15.5. The van der Waals surface area contributed by atoms with E-state index >= 15 is 0 Å². The van der Waals surface area contributed by atoms with Crippen LogP contribution in [-0.2, 0) is 4.79 Å². The topological polar surface area (TPSA) is 17.1 Å². The maximum Gasteiger partial charge on any atom is 0.155 e. The van der Waals surface area contributed by atoms with E-state index in [4.69, 9.17) is 11.6 Å². The summed E-state index contributed by atoms with van der Waals surface area (Å²) in [5.41, 5.74) is 1.11. The Hall–Kier alpha value is -1.34. The van der Waals surface area contributed by atoms with Crippen LogP contribution < -0.4 is 0 Å². The molecular weight excluding hydrogens is 280 g/mol. The van der Waals surface area contributed by atoms with Crippen molar-refractivity contribution in [3.8, 4) is 0 Å². The molecule has 0 spiro atoms. The Morgan fingerprint density at radius 1 is 1.38 bits per heavy atom. The van der Waals surface area contributed by atoms with Crippen molar-refractivity contribution in [3.05, 3.63) is 59.7 Å². The number of allylic oxidation sites excluding steroid dienone is 3. The first-order valence-electron chi connectivity index (χ1n) is 7.73. The molecule has 21 heavy (non-hydrogen) atoms. The van der Waals surface area contributed by atoms with Crippen LogP contribution in [0.25, 0.3) is 0 Å². The van der Waals surface area contributed by atoms with Gasteiger partial charge in [-0.05, 0) is 49.0 Å². The zero-order valence-electron chi connectivity index (χ0n) is 12.9. The molecule has 0 amide bonds. The van der Waals surface area contributed by atoms with Crippen molar-refractivity contribution < 1.29 is 4.79 Å². The van der Waals surface area contributed by atoms with E-state index in [-0.39, 0.29) is 11.7 Å². The lowest BCUT2D eigenvalue weighted by Gasteiger charge is -2.14. The lowest BCUT2D eigenvalue weighted by atomic mass is 9.90. The van der Waals surface area contributed by atoms with Gasteiger partial charge in [0, 0.05) is 11.4 Å². The maximum atomic E-state index is 12.1. The Labute approximate surface area is 133 Å². The summed E-state index contributed by atoms with van der Waals surface area (Å²) >= 11 is 6.03. The van der Waals surface area contributed by atoms with E-state index in [1.807, 2.05) is 36.4 Å². The number of hydrogen-bond donors (Lipinski definition) is 0. The van der Waals surface area contributed by atoms with E-state index in [2.05, 4.69) is 13.5 Å². The number of carbonyl (C=O) groups excluding carboxylic acids is 1. The second-order valence-electron chi connectivity index (χ2n) is 5.34. The SMILES string of the molecule is C=CC[C@@H](CC(=O)/C=C/CCCCC)c1cccc(Cl)c1. The van der Waals surface area contributed by atoms with Gasteiger partial charge in [-0.1, -0.05) is 55.7 Å². The molecule has 0 unspecified atom stereocenters. The van der Waals surface area contributed by atoms with Crippen LogP contribution in [0.2, 0.25) is 5.02 Å². The molecule has 0 aliphatic carbocycles. The smallest absolute Gasteiger partial charge is 0.155 e. The molecule has 2 heteroatoms. The molecule has 0 aliphatic rings. The quantitative estimate of drug-likeness (QED) is 0.290. The largest absolute Gasteiger partial charge is 0.295 e. The van der Waals surface area contributed by atoms with Crippen molar-refractivity contribution in [2.24, 2.45) is 0 Å². The number of halogens is 1. The molecule has 1 aromatic rings. The fourth-order valence-corrected chi connectivity index (χ4v) is 2.54. The van der Waals surface area contributed by atoms with Gasteiger partial charge >= 0.3 is 0 Å². The highest BCUT2D eigenvalue weighted by Gasteiger charge is 2.13. The van der Waals surface area contributed by atoms with Gasteiger partial charge in [0.25, 0.3) is 0 Å². The summed E-state index contributed by atoms with van der Waals surface area (Å²) < 4.78 is 0. The van der Waals surface area contributed by atoms with Crippen LogP contribution in [0.3, 0.4) is 0 Å². The second kappa shape index (κ2) is 10.4. The van der Waals surface area contributed by atoms with Gasteiger partial charge in [-0.3, -0.25) is 4.79 Å². The summed E-state index contributed by atoms with van der Waals surface area (Å²) in [5, 5.41) is 0.712. The summed E-state index contributed by atoms with van der Waals surface area (Å²) in [7, 11) is 0. The molecule has 0 bridgehead atoms. The van der Waals surface area contributed by atoms with Crippen LogP contribution in [-0.4, -0.2) is 5.78 Å². The molecule has 1 nitrogen and oxygen atoms in total. The van der Waals surface area contributed by atoms with Crippen LogP contribution in [0, 0.1) is 0 Å². The average Bonchev–Trinajstić information content (AvgIpc) is 2.46. The molecule has 0 N–H and O–H groups in total. The molecular formula is C19H25ClO. The highest BCUT2D eigenvalue weighted by atomic mass is 35.5. The minimum atomic E-state index is 0.161. The van der Waals surface area contributed by atoms with Gasteiger partial charge in [0.2, 0.25) is 0 Å². The van der Waals surface area contributed by atoms with Crippen LogP contribution in [0.1, 0.15) is 56.9 Å². The number of benzene rings is 1. The molecule has 0 aliphatic heterocycles. The maximum absolute atomic E-state index is 12.1. The third kappa shape index (κ3) is 7.29. The Kier molecular flexibility index (Phi) is 8.77. The van der Waals surface area contributed by atoms with Crippen LogP contribution in [0.15, 0.2) is 49.1 Å². The monoisotopic (exact) mass is 304 g/mol. The molecule has 1 rings (SSSR count). The van der Waals surface area contributed by atoms with Crippen LogP contribution in [0.5, 0.6) is 0 Å². The van der Waals surface area contributed by atoms with Gasteiger partial charge in [-0.15, -0.1) is 6.58 Å². The van der Waals surface area contributed by atoms with Crippen molar-refractivity contribution in [3.63, 3.8) is 0 Å². The first-order chi connectivity index (χ1) is 10.2. The number of hydrogen-bond acceptors (Lipinski definition) is 1. The van der Waals surface area contributed by atoms with Crippen LogP contribution >= 0.6 is 11.6 Å². The standard InChI is InChI=1S/C19H25ClO/c1-3-5-6-7-8-13-19(21)15-16(10-4-2)17-11-9-12-18(20)14-17/h4,8-9,11-14,16H,2-3,5-7,10,15H2,1H3/b13-8+/t16-/m0/s1. The van der Waals surface area contributed by atoms with Gasteiger partial charge in [0.15, 0.2) is 5.78 Å². The van der Waals surface area contributed by atoms with Crippen molar-refractivity contribution in [2.45, 2.75) is 51.4 Å². The second-order valence-corrected chi connectivity index (χ2v) is 5.78. The Morgan fingerprint density at radius 3 is 2.86 bits per heavy atom. The van der Waals surface area contributed by atoms with E-state index in [1.165, 1.54) is 12.8 Å². The third-order valence-electron chi connectivity index (χ3n) is 3.50. The highest BCUT2D eigenvalue weighted by molar-refractivity contribution is 6.30. The van der Waals surface area contributed by atoms with E-state index in [0.717, 1.165) is 24.8 Å². The van der Waals surface area contributed by atoms with E-state index in [0.29, 0.717) is 11.4 Å². The van der Waals surface area contributed by atoms with Crippen molar-refractivity contribution >= 4 is 17.4 Å². The lowest BCUT2D eigenvalue weighted by molar-refractivity contribution is -0.115. The van der Waals surface area contributed by atoms with Crippen molar-refractivity contribution in [2.75, 3.05) is 0 Å². The van der Waals surface area contributed by atoms with Gasteiger partial charge in [-0.25, -0.2) is 0 Å². The summed E-state index contributed by atoms with van der Waals surface area (Å²) in [6.07, 6.45) is 11.5. The Balaban J connectivity index is 2.58. The van der Waals surface area contributed by atoms with Crippen molar-refractivity contribution in [1.82, 2.24) is 0 Å². The number of unbranched alkanes of at least 4 members (excludes halogenated alkanes) is 3. The lowest BCUT2D eigenvalue weighted by Crippen LogP contribution is -2.04. The molecule has 114 valence electrons. The third-order valence-corrected chi connectivity index (χ3v) is 3.73. The Bertz CT molecular complexity index is 476. The molecule has 1 aromatic carbocycles. The van der Waals surface area contributed by atoms with Crippen LogP contribution in [0.4, 0.5) is 0 Å². The molecule has 0 saturated heterocycles. The molecule has 1 atom stereocenters. The molecule has 0 aromatic heterocycles. The average molecular weight is 305 g/mol. The van der Waals surface area contributed by atoms with Gasteiger partial charge < -0.3 is 0 Å². The number of ketones is 1. The van der Waals surface area contributed by atoms with Gasteiger partial charge in [0.1, 0.15) is 0 Å². The number of rotatable bonds is 10. The molecule has 0 saturated carbocycles. The Morgan fingerprint density at radius 2 is 2.19 bits per heavy atom. The minimum absolute atomic E-state index is 0.161. The predicted octanol–water partition coefficient (Wildman–Crippen LogP) is 6.10. The fourth-order valence-electron chi connectivity index (χ4n) is 2.34. The summed E-state index contributed by atoms with van der Waals surface area (Å²) in [6, 6.07) is 7.75. The highest BCUT2D eigenvalue weighted by Crippen LogP contribution is 2.26. The first-order valence-corrected chi connectivity index (χ1v) is 8.11. The van der Waals surface area contributed by atoms with Gasteiger partial charge in [0.05, 0.1) is 0 Å². The zero-order valence-corrected chi connectivity index (χ0v) is 13.6. The summed E-state index contributed by atoms with van der Waals surface area (Å²) in [5.74, 6) is 0.340. The van der Waals surface area contributed by atoms with Crippen molar-refractivity contribution in [1.29, 1.82) is 0 Å². The predicted molar refractivity (Wildman–Crippen MR) is 91.9 cm³/mol. The fraction of sp³-hybridized carbons (Fsp3) is 0.421. The minimum Gasteiger partial charge on any atom is -0.295 e. The van der Waals surface area contributed by atoms with Gasteiger partial charge in [-0.2, -0.15) is 0 Å². The van der Waals surface area contributed by atoms with E-state index in [1.54, 1.807) is 6.08 Å². The first kappa shape index (κ1) is 17.7. The molecule has 0 radical (unpaired) electrons. The summed E-state index contributed by atoms with van der Waals surface area (Å²) in [6.45, 7) is 5.97. The van der Waals surface area contributed by atoms with E-state index < -0.39 is 0 Å². The molecule has 0 heterocycles. The number of carbonyl (C=O) groups is 1. The summed E-state index contributed by atoms with van der Waals surface area (Å²) in [4.78, 5) is 12.1.